The van der Waals surface area contributed by atoms with Crippen molar-refractivity contribution in [1.82, 2.24) is 14.5 Å². The van der Waals surface area contributed by atoms with Gasteiger partial charge in [0.15, 0.2) is 5.15 Å². The van der Waals surface area contributed by atoms with E-state index < -0.39 is 17.7 Å². The first-order valence-electron chi connectivity index (χ1n) is 6.83. The number of carbonyl (C=O) groups excluding carboxylic acids is 1. The van der Waals surface area contributed by atoms with Gasteiger partial charge in [0.2, 0.25) is 0 Å². The van der Waals surface area contributed by atoms with Crippen LogP contribution in [-0.4, -0.2) is 27.6 Å². The number of carbonyl (C=O) groups is 1. The van der Waals surface area contributed by atoms with Gasteiger partial charge in [-0.2, -0.15) is 13.2 Å². The van der Waals surface area contributed by atoms with E-state index in [0.29, 0.717) is 17.7 Å². The lowest BCUT2D eigenvalue weighted by Gasteiger charge is -2.11. The molecule has 0 atom stereocenters. The average molecular weight is 394 g/mol. The highest BCUT2D eigenvalue weighted by Crippen LogP contribution is 2.31. The lowest BCUT2D eigenvalue weighted by atomic mass is 10.2. The van der Waals surface area contributed by atoms with Crippen molar-refractivity contribution in [3.8, 4) is 0 Å². The van der Waals surface area contributed by atoms with Gasteiger partial charge in [-0.3, -0.25) is 4.98 Å². The lowest BCUT2D eigenvalue weighted by Crippen LogP contribution is -2.10. The van der Waals surface area contributed by atoms with E-state index in [1.54, 1.807) is 11.5 Å². The van der Waals surface area contributed by atoms with Crippen LogP contribution >= 0.6 is 23.2 Å². The second kappa shape index (κ2) is 7.45. The number of methoxy groups -OCH3 is 1. The molecule has 0 N–H and O–H groups in total. The van der Waals surface area contributed by atoms with Crippen molar-refractivity contribution in [2.24, 2.45) is 0 Å². The zero-order valence-corrected chi connectivity index (χ0v) is 14.6. The summed E-state index contributed by atoms with van der Waals surface area (Å²) >= 11 is 12.0. The summed E-state index contributed by atoms with van der Waals surface area (Å²) in [5.41, 5.74) is -0.352. The van der Waals surface area contributed by atoms with Crippen LogP contribution in [0.15, 0.2) is 18.3 Å². The Labute approximate surface area is 151 Å². The molecule has 10 heteroatoms. The number of ether oxygens (including phenoxy) is 1. The molecule has 2 heterocycles. The van der Waals surface area contributed by atoms with Gasteiger partial charge in [-0.1, -0.05) is 23.2 Å². The molecule has 0 aromatic carbocycles. The molecule has 25 heavy (non-hydrogen) atoms. The molecule has 0 aliphatic heterocycles. The Hall–Kier alpha value is -2.06. The predicted octanol–water partition coefficient (Wildman–Crippen LogP) is 4.15. The van der Waals surface area contributed by atoms with Crippen LogP contribution < -0.4 is 0 Å². The molecule has 134 valence electrons. The first kappa shape index (κ1) is 19.3. The second-order valence-corrected chi connectivity index (χ2v) is 5.69. The first-order chi connectivity index (χ1) is 11.6. The molecule has 0 saturated heterocycles. The van der Waals surface area contributed by atoms with Crippen molar-refractivity contribution in [2.45, 2.75) is 19.6 Å². The molecule has 0 aliphatic carbocycles. The summed E-state index contributed by atoms with van der Waals surface area (Å²) in [5, 5.41) is -0.0115. The number of aryl methyl sites for hydroxylation is 1. The third-order valence-electron chi connectivity index (χ3n) is 3.28. The molecule has 0 radical (unpaired) electrons. The Bertz CT molecular complexity index is 832. The maximum Gasteiger partial charge on any atom is 0.417 e. The smallest absolute Gasteiger partial charge is 0.417 e. The fourth-order valence-electron chi connectivity index (χ4n) is 2.01. The Morgan fingerprint density at radius 1 is 1.40 bits per heavy atom. The lowest BCUT2D eigenvalue weighted by molar-refractivity contribution is -0.138. The minimum Gasteiger partial charge on any atom is -0.466 e. The summed E-state index contributed by atoms with van der Waals surface area (Å²) in [6.07, 6.45) is -1.27. The summed E-state index contributed by atoms with van der Waals surface area (Å²) in [5.74, 6) is -0.112. The van der Waals surface area contributed by atoms with Crippen LogP contribution in [0.5, 0.6) is 0 Å². The molecule has 5 nitrogen and oxygen atoms in total. The number of imidazole rings is 1. The average Bonchev–Trinajstić information content (AvgIpc) is 2.79. The van der Waals surface area contributed by atoms with Gasteiger partial charge in [0, 0.05) is 12.3 Å². The third-order valence-corrected chi connectivity index (χ3v) is 3.89. The predicted molar refractivity (Wildman–Crippen MR) is 86.4 cm³/mol. The van der Waals surface area contributed by atoms with Crippen molar-refractivity contribution in [2.75, 3.05) is 7.11 Å². The molecular weight excluding hydrogens is 382 g/mol. The molecule has 0 saturated carbocycles. The van der Waals surface area contributed by atoms with Crippen molar-refractivity contribution < 1.29 is 22.7 Å². The van der Waals surface area contributed by atoms with Crippen LogP contribution in [0.25, 0.3) is 6.08 Å². The van der Waals surface area contributed by atoms with Gasteiger partial charge in [-0.25, -0.2) is 9.78 Å². The number of nitrogens with zero attached hydrogens (tertiary/aromatic N) is 3. The van der Waals surface area contributed by atoms with E-state index in [4.69, 9.17) is 23.2 Å². The molecule has 0 spiro atoms. The molecule has 0 aliphatic rings. The van der Waals surface area contributed by atoms with E-state index in [0.717, 1.165) is 12.1 Å². The zero-order valence-electron chi connectivity index (χ0n) is 13.1. The van der Waals surface area contributed by atoms with E-state index in [2.05, 4.69) is 14.7 Å². The molecule has 0 fully saturated rings. The third kappa shape index (κ3) is 4.52. The number of rotatable bonds is 4. The van der Waals surface area contributed by atoms with Crippen LogP contribution in [0.1, 0.15) is 22.8 Å². The van der Waals surface area contributed by atoms with Gasteiger partial charge < -0.3 is 9.30 Å². The summed E-state index contributed by atoms with van der Waals surface area (Å²) < 4.78 is 44.1. The van der Waals surface area contributed by atoms with E-state index in [1.165, 1.54) is 13.2 Å². The quantitative estimate of drug-likeness (QED) is 0.578. The number of halogens is 5. The van der Waals surface area contributed by atoms with Gasteiger partial charge in [-0.15, -0.1) is 0 Å². The maximum atomic E-state index is 12.7. The van der Waals surface area contributed by atoms with Crippen LogP contribution in [0.4, 0.5) is 13.2 Å². The van der Waals surface area contributed by atoms with Crippen molar-refractivity contribution in [3.63, 3.8) is 0 Å². The van der Waals surface area contributed by atoms with E-state index in [1.807, 2.05) is 0 Å². The Balaban J connectivity index is 2.38. The second-order valence-electron chi connectivity index (χ2n) is 4.93. The SMILES string of the molecule is COC(=O)C=Cc1c(Cl)nc(C)n1Cc1ncc(C(F)(F)F)cc1Cl. The van der Waals surface area contributed by atoms with Gasteiger partial charge in [0.25, 0.3) is 0 Å². The van der Waals surface area contributed by atoms with Crippen LogP contribution in [0.3, 0.4) is 0 Å². The molecule has 2 rings (SSSR count). The van der Waals surface area contributed by atoms with E-state index in [-0.39, 0.29) is 22.4 Å². The largest absolute Gasteiger partial charge is 0.466 e. The molecule has 2 aromatic heterocycles. The Morgan fingerprint density at radius 3 is 2.64 bits per heavy atom. The fraction of sp³-hybridized carbons (Fsp3) is 0.267. The zero-order chi connectivity index (χ0) is 18.8. The Kier molecular flexibility index (Phi) is 5.74. The summed E-state index contributed by atoms with van der Waals surface area (Å²) in [6.45, 7) is 1.68. The maximum absolute atomic E-state index is 12.7. The number of hydrogen-bond acceptors (Lipinski definition) is 4. The van der Waals surface area contributed by atoms with Gasteiger partial charge in [-0.05, 0) is 19.1 Å². The fourth-order valence-corrected chi connectivity index (χ4v) is 2.52. The first-order valence-corrected chi connectivity index (χ1v) is 7.59. The molecule has 0 unspecified atom stereocenters. The van der Waals surface area contributed by atoms with Gasteiger partial charge in [0.1, 0.15) is 5.82 Å². The van der Waals surface area contributed by atoms with Crippen molar-refractivity contribution in [3.05, 3.63) is 51.3 Å². The summed E-state index contributed by atoms with van der Waals surface area (Å²) in [4.78, 5) is 19.1. The van der Waals surface area contributed by atoms with Crippen LogP contribution in [-0.2, 0) is 22.3 Å². The van der Waals surface area contributed by atoms with Crippen LogP contribution in [0.2, 0.25) is 10.2 Å². The molecular formula is C15H12Cl2F3N3O2. The standard InChI is InChI=1S/C15H12Cl2F3N3O2/c1-8-22-14(17)12(3-4-13(24)25-2)23(8)7-11-10(16)5-9(6-21-11)15(18,19)20/h3-6H,7H2,1-2H3. The minimum atomic E-state index is -4.53. The van der Waals surface area contributed by atoms with Crippen molar-refractivity contribution >= 4 is 35.2 Å². The topological polar surface area (TPSA) is 57.0 Å². The number of hydrogen-bond donors (Lipinski definition) is 0. The normalized spacial score (nSPS) is 12.0. The highest BCUT2D eigenvalue weighted by molar-refractivity contribution is 6.31. The number of alkyl halides is 3. The van der Waals surface area contributed by atoms with E-state index >= 15 is 0 Å². The monoisotopic (exact) mass is 393 g/mol. The summed E-state index contributed by atoms with van der Waals surface area (Å²) in [6, 6.07) is 0.807. The highest BCUT2D eigenvalue weighted by atomic mass is 35.5. The summed E-state index contributed by atoms with van der Waals surface area (Å²) in [7, 11) is 1.22. The number of esters is 1. The number of pyridine rings is 1. The minimum absolute atomic E-state index is 0.0311. The van der Waals surface area contributed by atoms with Gasteiger partial charge >= 0.3 is 12.1 Å². The Morgan fingerprint density at radius 2 is 2.08 bits per heavy atom. The van der Waals surface area contributed by atoms with Gasteiger partial charge in [0.05, 0.1) is 35.6 Å². The number of aromatic nitrogens is 3. The van der Waals surface area contributed by atoms with Crippen molar-refractivity contribution in [1.29, 1.82) is 0 Å². The van der Waals surface area contributed by atoms with E-state index in [9.17, 15) is 18.0 Å². The molecule has 2 aromatic rings. The van der Waals surface area contributed by atoms with Crippen LogP contribution in [0, 0.1) is 6.92 Å². The highest BCUT2D eigenvalue weighted by Gasteiger charge is 2.31. The molecule has 0 bridgehead atoms. The molecule has 0 amide bonds.